The van der Waals surface area contributed by atoms with Crippen LogP contribution in [-0.4, -0.2) is 41.9 Å². The summed E-state index contributed by atoms with van der Waals surface area (Å²) in [5.74, 6) is -0.0610. The molecule has 162 valence electrons. The minimum absolute atomic E-state index is 0.151. The van der Waals surface area contributed by atoms with Gasteiger partial charge in [-0.1, -0.05) is 57.8 Å². The number of fused-ring (bicyclic) bond motifs is 2. The van der Waals surface area contributed by atoms with E-state index in [1.165, 1.54) is 0 Å². The van der Waals surface area contributed by atoms with Gasteiger partial charge in [0.2, 0.25) is 5.76 Å². The summed E-state index contributed by atoms with van der Waals surface area (Å²) < 4.78 is 7.70. The minimum Gasteiger partial charge on any atom is -0.450 e. The molecule has 0 saturated heterocycles. The lowest BCUT2D eigenvalue weighted by molar-refractivity contribution is 0.0720. The molecular weight excluding hydrogens is 524 g/mol. The molecule has 1 aliphatic heterocycles. The first-order chi connectivity index (χ1) is 14.9. The second kappa shape index (κ2) is 9.27. The van der Waals surface area contributed by atoms with Crippen LogP contribution in [0.5, 0.6) is 0 Å². The molecule has 1 amide bonds. The molecule has 5 nitrogen and oxygen atoms in total. The highest BCUT2D eigenvalue weighted by Crippen LogP contribution is 2.39. The Bertz CT molecular complexity index is 1190. The number of rotatable bonds is 7. The van der Waals surface area contributed by atoms with Gasteiger partial charge in [-0.15, -0.1) is 0 Å². The molecule has 0 aliphatic carbocycles. The summed E-state index contributed by atoms with van der Waals surface area (Å²) in [6.07, 6.45) is 0.825. The molecule has 0 saturated carbocycles. The van der Waals surface area contributed by atoms with Crippen LogP contribution in [0.1, 0.15) is 48.0 Å². The van der Waals surface area contributed by atoms with Crippen molar-refractivity contribution in [3.63, 3.8) is 0 Å². The number of amides is 1. The highest BCUT2D eigenvalue weighted by Gasteiger charge is 2.42. The molecule has 2 heterocycles. The molecule has 0 N–H and O–H groups in total. The molecule has 0 bridgehead atoms. The summed E-state index contributed by atoms with van der Waals surface area (Å²) in [5, 5.41) is 0.478. The molecule has 1 atom stereocenters. The van der Waals surface area contributed by atoms with E-state index in [-0.39, 0.29) is 17.1 Å². The number of nitrogens with zero attached hydrogens (tertiary/aromatic N) is 2. The highest BCUT2D eigenvalue weighted by molar-refractivity contribution is 9.10. The maximum atomic E-state index is 13.5. The Morgan fingerprint density at radius 3 is 2.48 bits per heavy atom. The first-order valence-electron chi connectivity index (χ1n) is 10.5. The molecule has 1 aliphatic rings. The molecule has 3 aromatic rings. The zero-order valence-electron chi connectivity index (χ0n) is 17.5. The lowest BCUT2D eigenvalue weighted by Gasteiger charge is -2.26. The average molecular weight is 548 g/mol. The summed E-state index contributed by atoms with van der Waals surface area (Å²) in [6, 6.07) is 12.6. The third kappa shape index (κ3) is 4.23. The quantitative estimate of drug-likeness (QED) is 0.386. The van der Waals surface area contributed by atoms with E-state index >= 15 is 0 Å². The SMILES string of the molecule is CCN(CC)CCCN1C(=O)c2oc3ccc(Br)cc3c(=O)c2[C@@H]1c1cccc(Br)c1. The Morgan fingerprint density at radius 1 is 1.03 bits per heavy atom. The number of hydrogen-bond acceptors (Lipinski definition) is 4. The van der Waals surface area contributed by atoms with Gasteiger partial charge in [-0.05, 0) is 62.0 Å². The van der Waals surface area contributed by atoms with E-state index in [1.54, 1.807) is 17.0 Å². The predicted molar refractivity (Wildman–Crippen MR) is 130 cm³/mol. The highest BCUT2D eigenvalue weighted by atomic mass is 79.9. The van der Waals surface area contributed by atoms with E-state index in [9.17, 15) is 9.59 Å². The summed E-state index contributed by atoms with van der Waals surface area (Å²) >= 11 is 6.96. The molecule has 4 rings (SSSR count). The smallest absolute Gasteiger partial charge is 0.290 e. The van der Waals surface area contributed by atoms with Crippen molar-refractivity contribution in [2.45, 2.75) is 26.3 Å². The van der Waals surface area contributed by atoms with E-state index in [1.807, 2.05) is 30.3 Å². The minimum atomic E-state index is -0.462. The van der Waals surface area contributed by atoms with Crippen molar-refractivity contribution in [3.8, 4) is 0 Å². The van der Waals surface area contributed by atoms with Gasteiger partial charge in [0.25, 0.3) is 5.91 Å². The van der Waals surface area contributed by atoms with Gasteiger partial charge in [0.15, 0.2) is 5.43 Å². The van der Waals surface area contributed by atoms with Crippen LogP contribution in [0.25, 0.3) is 11.0 Å². The third-order valence-electron chi connectivity index (χ3n) is 5.86. The lowest BCUT2D eigenvalue weighted by atomic mass is 9.98. The molecule has 0 unspecified atom stereocenters. The van der Waals surface area contributed by atoms with Crippen LogP contribution in [0.3, 0.4) is 0 Å². The van der Waals surface area contributed by atoms with Gasteiger partial charge in [0.1, 0.15) is 5.58 Å². The van der Waals surface area contributed by atoms with Crippen LogP contribution in [0.15, 0.2) is 60.6 Å². The van der Waals surface area contributed by atoms with Crippen LogP contribution in [-0.2, 0) is 0 Å². The van der Waals surface area contributed by atoms with Gasteiger partial charge in [-0.25, -0.2) is 0 Å². The van der Waals surface area contributed by atoms with Gasteiger partial charge >= 0.3 is 0 Å². The monoisotopic (exact) mass is 546 g/mol. The lowest BCUT2D eigenvalue weighted by Crippen LogP contribution is -2.33. The summed E-state index contributed by atoms with van der Waals surface area (Å²) in [7, 11) is 0. The summed E-state index contributed by atoms with van der Waals surface area (Å²) in [4.78, 5) is 31.0. The van der Waals surface area contributed by atoms with Crippen LogP contribution in [0.2, 0.25) is 0 Å². The topological polar surface area (TPSA) is 53.8 Å². The van der Waals surface area contributed by atoms with E-state index < -0.39 is 6.04 Å². The van der Waals surface area contributed by atoms with Crippen molar-refractivity contribution in [3.05, 3.63) is 78.5 Å². The Labute approximate surface area is 198 Å². The van der Waals surface area contributed by atoms with Crippen LogP contribution in [0.4, 0.5) is 0 Å². The van der Waals surface area contributed by atoms with Crippen molar-refractivity contribution in [1.82, 2.24) is 9.80 Å². The van der Waals surface area contributed by atoms with E-state index in [0.717, 1.165) is 40.6 Å². The standard InChI is InChI=1S/C24H24Br2N2O3/c1-3-27(4-2)11-6-12-28-21(15-7-5-8-16(25)13-15)20-22(29)18-14-17(26)9-10-19(18)31-23(20)24(28)30/h5,7-10,13-14,21H,3-4,6,11-12H2,1-2H3/t21-/m0/s1. The Morgan fingerprint density at radius 2 is 1.77 bits per heavy atom. The largest absolute Gasteiger partial charge is 0.450 e. The maximum absolute atomic E-state index is 13.5. The van der Waals surface area contributed by atoms with Crippen LogP contribution < -0.4 is 5.43 Å². The Kier molecular flexibility index (Phi) is 6.65. The molecule has 0 radical (unpaired) electrons. The fourth-order valence-corrected chi connectivity index (χ4v) is 5.03. The van der Waals surface area contributed by atoms with Gasteiger partial charge in [0, 0.05) is 15.5 Å². The molecular formula is C24H24Br2N2O3. The molecule has 31 heavy (non-hydrogen) atoms. The zero-order chi connectivity index (χ0) is 22.1. The summed E-state index contributed by atoms with van der Waals surface area (Å²) in [6.45, 7) is 7.67. The average Bonchev–Trinajstić information content (AvgIpc) is 3.04. The number of hydrogen-bond donors (Lipinski definition) is 0. The van der Waals surface area contributed by atoms with Crippen LogP contribution >= 0.6 is 31.9 Å². The number of carbonyl (C=O) groups excluding carboxylic acids is 1. The van der Waals surface area contributed by atoms with Crippen molar-refractivity contribution >= 4 is 48.7 Å². The van der Waals surface area contributed by atoms with E-state index in [2.05, 4.69) is 50.6 Å². The van der Waals surface area contributed by atoms with Gasteiger partial charge < -0.3 is 14.2 Å². The predicted octanol–water partition coefficient (Wildman–Crippen LogP) is 5.60. The van der Waals surface area contributed by atoms with Gasteiger partial charge in [-0.2, -0.15) is 0 Å². The first-order valence-corrected chi connectivity index (χ1v) is 12.1. The second-order valence-electron chi connectivity index (χ2n) is 7.65. The van der Waals surface area contributed by atoms with Gasteiger partial charge in [-0.3, -0.25) is 9.59 Å². The zero-order valence-corrected chi connectivity index (χ0v) is 20.7. The number of halogens is 2. The number of benzene rings is 2. The van der Waals surface area contributed by atoms with Crippen LogP contribution in [0, 0.1) is 0 Å². The normalized spacial score (nSPS) is 15.8. The molecule has 2 aromatic carbocycles. The summed E-state index contributed by atoms with van der Waals surface area (Å²) in [5.41, 5.74) is 1.60. The van der Waals surface area contributed by atoms with Crippen molar-refractivity contribution < 1.29 is 9.21 Å². The van der Waals surface area contributed by atoms with Crippen molar-refractivity contribution in [1.29, 1.82) is 0 Å². The molecule has 7 heteroatoms. The van der Waals surface area contributed by atoms with Gasteiger partial charge in [0.05, 0.1) is 17.0 Å². The first kappa shape index (κ1) is 22.2. The molecule has 0 spiro atoms. The van der Waals surface area contributed by atoms with E-state index in [0.29, 0.717) is 23.1 Å². The third-order valence-corrected chi connectivity index (χ3v) is 6.85. The van der Waals surface area contributed by atoms with Crippen molar-refractivity contribution in [2.24, 2.45) is 0 Å². The fourth-order valence-electron chi connectivity index (χ4n) is 4.25. The fraction of sp³-hybridized carbons (Fsp3) is 0.333. The molecule has 1 aromatic heterocycles. The van der Waals surface area contributed by atoms with Crippen molar-refractivity contribution in [2.75, 3.05) is 26.2 Å². The maximum Gasteiger partial charge on any atom is 0.290 e. The number of carbonyl (C=O) groups is 1. The Balaban J connectivity index is 1.81. The Hall–Kier alpha value is -1.96. The second-order valence-corrected chi connectivity index (χ2v) is 9.48. The molecule has 0 fully saturated rings. The van der Waals surface area contributed by atoms with E-state index in [4.69, 9.17) is 4.42 Å².